The molecule has 1 unspecified atom stereocenters. The van der Waals surface area contributed by atoms with E-state index in [4.69, 9.17) is 0 Å². The Hall–Kier alpha value is -2.64. The molecule has 0 aliphatic heterocycles. The Balaban J connectivity index is 1.58. The minimum Gasteiger partial charge on any atom is -0.387 e. The molecule has 2 aromatic heterocycles. The van der Waals surface area contributed by atoms with Gasteiger partial charge in [0.2, 0.25) is 0 Å². The molecular formula is C17H18N4O2S. The maximum atomic E-state index is 12.1. The van der Waals surface area contributed by atoms with Gasteiger partial charge < -0.3 is 15.7 Å². The fraction of sp³-hybridized carbons (Fsp3) is 0.176. The first-order valence-electron chi connectivity index (χ1n) is 7.53. The average Bonchev–Trinajstić information content (AvgIpc) is 3.28. The Morgan fingerprint density at radius 2 is 2.17 bits per heavy atom. The molecule has 0 saturated carbocycles. The monoisotopic (exact) mass is 342 g/mol. The zero-order valence-corrected chi connectivity index (χ0v) is 13.7. The molecule has 1 atom stereocenters. The number of aliphatic hydroxyl groups excluding tert-OH is 1. The summed E-state index contributed by atoms with van der Waals surface area (Å²) >= 11 is 1.51. The lowest BCUT2D eigenvalue weighted by Gasteiger charge is -2.14. The van der Waals surface area contributed by atoms with Crippen molar-refractivity contribution in [2.24, 2.45) is 0 Å². The van der Waals surface area contributed by atoms with Crippen molar-refractivity contribution in [1.82, 2.24) is 15.1 Å². The van der Waals surface area contributed by atoms with Crippen LogP contribution in [0.4, 0.5) is 10.5 Å². The van der Waals surface area contributed by atoms with Crippen molar-refractivity contribution in [2.75, 3.05) is 11.9 Å². The van der Waals surface area contributed by atoms with Gasteiger partial charge in [-0.25, -0.2) is 4.79 Å². The zero-order valence-electron chi connectivity index (χ0n) is 12.9. The summed E-state index contributed by atoms with van der Waals surface area (Å²) in [6, 6.07) is 10.9. The number of nitrogens with zero attached hydrogens (tertiary/aromatic N) is 2. The first-order valence-corrected chi connectivity index (χ1v) is 8.47. The molecule has 0 aliphatic rings. The van der Waals surface area contributed by atoms with Crippen molar-refractivity contribution in [3.8, 4) is 0 Å². The molecule has 7 heteroatoms. The second kappa shape index (κ2) is 7.76. The number of hydrogen-bond donors (Lipinski definition) is 3. The van der Waals surface area contributed by atoms with Gasteiger partial charge in [-0.05, 0) is 40.1 Å². The summed E-state index contributed by atoms with van der Waals surface area (Å²) in [6.07, 6.45) is 2.88. The summed E-state index contributed by atoms with van der Waals surface area (Å²) in [5, 5.41) is 23.4. The van der Waals surface area contributed by atoms with Gasteiger partial charge >= 0.3 is 6.03 Å². The maximum Gasteiger partial charge on any atom is 0.319 e. The summed E-state index contributed by atoms with van der Waals surface area (Å²) < 4.78 is 1.79. The molecule has 0 aliphatic carbocycles. The molecule has 0 saturated heterocycles. The lowest BCUT2D eigenvalue weighted by molar-refractivity contribution is 0.175. The van der Waals surface area contributed by atoms with Gasteiger partial charge in [-0.15, -0.1) is 0 Å². The van der Waals surface area contributed by atoms with Crippen LogP contribution in [0.25, 0.3) is 0 Å². The molecule has 3 N–H and O–H groups in total. The number of nitrogens with one attached hydrogen (secondary N) is 2. The number of aliphatic hydroxyl groups is 1. The first-order chi connectivity index (χ1) is 11.7. The van der Waals surface area contributed by atoms with Crippen molar-refractivity contribution in [3.63, 3.8) is 0 Å². The van der Waals surface area contributed by atoms with Crippen LogP contribution in [0.5, 0.6) is 0 Å². The average molecular weight is 342 g/mol. The van der Waals surface area contributed by atoms with E-state index in [9.17, 15) is 9.90 Å². The zero-order chi connectivity index (χ0) is 16.8. The number of carbonyl (C=O) groups is 1. The van der Waals surface area contributed by atoms with Gasteiger partial charge in [0, 0.05) is 24.6 Å². The quantitative estimate of drug-likeness (QED) is 0.644. The topological polar surface area (TPSA) is 79.2 Å². The summed E-state index contributed by atoms with van der Waals surface area (Å²) in [6.45, 7) is 0.727. The van der Waals surface area contributed by atoms with Crippen LogP contribution in [0.3, 0.4) is 0 Å². The number of anilines is 1. The number of rotatable bonds is 6. The number of thiophene rings is 1. The van der Waals surface area contributed by atoms with Crippen LogP contribution in [0.2, 0.25) is 0 Å². The molecule has 3 rings (SSSR count). The highest BCUT2D eigenvalue weighted by Crippen LogP contribution is 2.17. The predicted molar refractivity (Wildman–Crippen MR) is 94.1 cm³/mol. The van der Waals surface area contributed by atoms with Crippen molar-refractivity contribution in [2.45, 2.75) is 12.6 Å². The molecular weight excluding hydrogens is 324 g/mol. The molecule has 0 radical (unpaired) electrons. The highest BCUT2D eigenvalue weighted by Gasteiger charge is 2.11. The first kappa shape index (κ1) is 16.2. The Morgan fingerprint density at radius 1 is 1.29 bits per heavy atom. The smallest absolute Gasteiger partial charge is 0.319 e. The lowest BCUT2D eigenvalue weighted by atomic mass is 10.2. The van der Waals surface area contributed by atoms with Crippen LogP contribution in [-0.2, 0) is 6.54 Å². The second-order valence-electron chi connectivity index (χ2n) is 5.27. The molecule has 3 aromatic rings. The largest absolute Gasteiger partial charge is 0.387 e. The van der Waals surface area contributed by atoms with Gasteiger partial charge in [0.15, 0.2) is 0 Å². The molecule has 1 aromatic carbocycles. The van der Waals surface area contributed by atoms with Gasteiger partial charge in [0.1, 0.15) is 0 Å². The van der Waals surface area contributed by atoms with E-state index in [1.54, 1.807) is 10.9 Å². The van der Waals surface area contributed by atoms with E-state index in [0.717, 1.165) is 16.8 Å². The van der Waals surface area contributed by atoms with E-state index >= 15 is 0 Å². The number of amides is 2. The van der Waals surface area contributed by atoms with E-state index in [-0.39, 0.29) is 12.6 Å². The van der Waals surface area contributed by atoms with Crippen molar-refractivity contribution in [3.05, 3.63) is 70.7 Å². The van der Waals surface area contributed by atoms with E-state index < -0.39 is 6.10 Å². The second-order valence-corrected chi connectivity index (χ2v) is 6.05. The highest BCUT2D eigenvalue weighted by molar-refractivity contribution is 7.07. The minimum atomic E-state index is -0.707. The van der Waals surface area contributed by atoms with Crippen molar-refractivity contribution in [1.29, 1.82) is 0 Å². The van der Waals surface area contributed by atoms with Crippen LogP contribution < -0.4 is 10.6 Å². The number of carbonyl (C=O) groups excluding carboxylic acids is 1. The summed E-state index contributed by atoms with van der Waals surface area (Å²) in [5.41, 5.74) is 2.48. The SMILES string of the molecule is O=C(NCC(O)c1ccsc1)Nc1ccccc1Cn1cccn1. The highest BCUT2D eigenvalue weighted by atomic mass is 32.1. The normalized spacial score (nSPS) is 11.9. The molecule has 24 heavy (non-hydrogen) atoms. The van der Waals surface area contributed by atoms with E-state index in [1.807, 2.05) is 53.4 Å². The van der Waals surface area contributed by atoms with E-state index in [2.05, 4.69) is 15.7 Å². The Morgan fingerprint density at radius 3 is 2.92 bits per heavy atom. The van der Waals surface area contributed by atoms with Crippen molar-refractivity contribution < 1.29 is 9.90 Å². The van der Waals surface area contributed by atoms with Crippen LogP contribution in [0.1, 0.15) is 17.2 Å². The van der Waals surface area contributed by atoms with Gasteiger partial charge in [-0.2, -0.15) is 16.4 Å². The molecule has 2 heterocycles. The molecule has 124 valence electrons. The van der Waals surface area contributed by atoms with Crippen LogP contribution in [-0.4, -0.2) is 27.5 Å². The summed E-state index contributed by atoms with van der Waals surface area (Å²) in [7, 11) is 0. The fourth-order valence-corrected chi connectivity index (χ4v) is 2.99. The molecule has 6 nitrogen and oxygen atoms in total. The Kier molecular flexibility index (Phi) is 5.25. The molecule has 0 fully saturated rings. The predicted octanol–water partition coefficient (Wildman–Crippen LogP) is 2.85. The Bertz CT molecular complexity index is 772. The summed E-state index contributed by atoms with van der Waals surface area (Å²) in [4.78, 5) is 12.1. The van der Waals surface area contributed by atoms with Crippen LogP contribution >= 0.6 is 11.3 Å². The third kappa shape index (κ3) is 4.21. The number of urea groups is 1. The van der Waals surface area contributed by atoms with Gasteiger partial charge in [-0.3, -0.25) is 4.68 Å². The Labute approximate surface area is 143 Å². The molecule has 0 bridgehead atoms. The standard InChI is InChI=1S/C17H18N4O2S/c22-16(14-6-9-24-12-14)10-18-17(23)20-15-5-2-1-4-13(15)11-21-8-3-7-19-21/h1-9,12,16,22H,10-11H2,(H2,18,20,23). The van der Waals surface area contributed by atoms with Crippen molar-refractivity contribution >= 4 is 23.1 Å². The summed E-state index contributed by atoms with van der Waals surface area (Å²) in [5.74, 6) is 0. The fourth-order valence-electron chi connectivity index (χ4n) is 2.29. The molecule has 0 spiro atoms. The number of benzene rings is 1. The van der Waals surface area contributed by atoms with E-state index in [0.29, 0.717) is 6.54 Å². The van der Waals surface area contributed by atoms with Crippen LogP contribution in [0.15, 0.2) is 59.6 Å². The third-order valence-corrected chi connectivity index (χ3v) is 4.24. The van der Waals surface area contributed by atoms with Gasteiger partial charge in [0.25, 0.3) is 0 Å². The number of para-hydroxylation sites is 1. The van der Waals surface area contributed by atoms with Gasteiger partial charge in [-0.1, -0.05) is 18.2 Å². The van der Waals surface area contributed by atoms with E-state index in [1.165, 1.54) is 11.3 Å². The lowest BCUT2D eigenvalue weighted by Crippen LogP contribution is -2.32. The number of aromatic nitrogens is 2. The minimum absolute atomic E-state index is 0.157. The molecule has 2 amide bonds. The third-order valence-electron chi connectivity index (χ3n) is 3.54. The number of hydrogen-bond acceptors (Lipinski definition) is 4. The van der Waals surface area contributed by atoms with Crippen LogP contribution in [0, 0.1) is 0 Å². The van der Waals surface area contributed by atoms with Gasteiger partial charge in [0.05, 0.1) is 12.6 Å². The maximum absolute atomic E-state index is 12.1.